The Bertz CT molecular complexity index is 813. The van der Waals surface area contributed by atoms with E-state index in [1.165, 1.54) is 11.8 Å². The predicted octanol–water partition coefficient (Wildman–Crippen LogP) is 5.38. The maximum atomic E-state index is 13.0. The molecule has 0 aliphatic carbocycles. The van der Waals surface area contributed by atoms with Gasteiger partial charge >= 0.3 is 0 Å². The molecule has 0 bridgehead atoms. The molecule has 0 heterocycles. The lowest BCUT2D eigenvalue weighted by Gasteiger charge is -2.29. The molecule has 156 valence electrons. The van der Waals surface area contributed by atoms with Gasteiger partial charge in [-0.3, -0.25) is 9.59 Å². The van der Waals surface area contributed by atoms with E-state index in [0.29, 0.717) is 24.0 Å². The molecule has 0 aliphatic heterocycles. The Kier molecular flexibility index (Phi) is 9.53. The van der Waals surface area contributed by atoms with Gasteiger partial charge in [0.1, 0.15) is 6.04 Å². The molecule has 1 atom stereocenters. The van der Waals surface area contributed by atoms with Gasteiger partial charge in [0, 0.05) is 27.5 Å². The minimum absolute atomic E-state index is 0.0833. The van der Waals surface area contributed by atoms with Crippen molar-refractivity contribution in [2.75, 3.05) is 12.3 Å². The van der Waals surface area contributed by atoms with Crippen molar-refractivity contribution in [3.63, 3.8) is 0 Å². The Morgan fingerprint density at radius 3 is 2.28 bits per heavy atom. The van der Waals surface area contributed by atoms with Gasteiger partial charge in [-0.25, -0.2) is 0 Å². The molecule has 0 aromatic heterocycles. The smallest absolute Gasteiger partial charge is 0.242 e. The van der Waals surface area contributed by atoms with E-state index >= 15 is 0 Å². The number of nitrogens with zero attached hydrogens (tertiary/aromatic N) is 1. The number of hydrogen-bond donors (Lipinski definition) is 1. The van der Waals surface area contributed by atoms with Crippen LogP contribution in [0.2, 0.25) is 5.02 Å². The standard InChI is InChI=1S/C22H26BrClN2O2S/c1-15(2)12-25-22(28)16(3)26(13-17-4-6-18(23)7-5-17)21(27)14-29-20-10-8-19(24)9-11-20/h4-11,15-16H,12-14H2,1-3H3,(H,25,28). The lowest BCUT2D eigenvalue weighted by Crippen LogP contribution is -2.48. The third-order valence-corrected chi connectivity index (χ3v) is 6.07. The van der Waals surface area contributed by atoms with Crippen LogP contribution in [-0.2, 0) is 16.1 Å². The molecule has 2 rings (SSSR count). The van der Waals surface area contributed by atoms with Crippen molar-refractivity contribution >= 4 is 51.1 Å². The number of benzene rings is 2. The highest BCUT2D eigenvalue weighted by Crippen LogP contribution is 2.22. The molecule has 1 unspecified atom stereocenters. The zero-order chi connectivity index (χ0) is 21.4. The zero-order valence-electron chi connectivity index (χ0n) is 16.8. The molecular formula is C22H26BrClN2O2S. The van der Waals surface area contributed by atoms with Gasteiger partial charge in [0.2, 0.25) is 11.8 Å². The minimum Gasteiger partial charge on any atom is -0.354 e. The fourth-order valence-corrected chi connectivity index (χ4v) is 3.76. The van der Waals surface area contributed by atoms with Crippen LogP contribution in [0.4, 0.5) is 0 Å². The molecule has 0 spiro atoms. The van der Waals surface area contributed by atoms with Gasteiger partial charge < -0.3 is 10.2 Å². The Morgan fingerprint density at radius 2 is 1.69 bits per heavy atom. The highest BCUT2D eigenvalue weighted by atomic mass is 79.9. The number of rotatable bonds is 9. The van der Waals surface area contributed by atoms with Crippen molar-refractivity contribution < 1.29 is 9.59 Å². The predicted molar refractivity (Wildman–Crippen MR) is 124 cm³/mol. The third kappa shape index (κ3) is 8.03. The van der Waals surface area contributed by atoms with E-state index < -0.39 is 6.04 Å². The maximum absolute atomic E-state index is 13.0. The van der Waals surface area contributed by atoms with Crippen LogP contribution >= 0.6 is 39.3 Å². The summed E-state index contributed by atoms with van der Waals surface area (Å²) in [5, 5.41) is 3.59. The molecule has 7 heteroatoms. The lowest BCUT2D eigenvalue weighted by molar-refractivity contribution is -0.138. The number of carbonyl (C=O) groups is 2. The second-order valence-electron chi connectivity index (χ2n) is 7.21. The van der Waals surface area contributed by atoms with Crippen molar-refractivity contribution in [1.29, 1.82) is 0 Å². The summed E-state index contributed by atoms with van der Waals surface area (Å²) in [4.78, 5) is 28.2. The van der Waals surface area contributed by atoms with Crippen LogP contribution in [-0.4, -0.2) is 35.1 Å². The van der Waals surface area contributed by atoms with E-state index in [1.54, 1.807) is 24.0 Å². The molecule has 0 radical (unpaired) electrons. The van der Waals surface area contributed by atoms with Crippen molar-refractivity contribution in [3.8, 4) is 0 Å². The van der Waals surface area contributed by atoms with E-state index in [0.717, 1.165) is 14.9 Å². The van der Waals surface area contributed by atoms with E-state index in [4.69, 9.17) is 11.6 Å². The minimum atomic E-state index is -0.560. The molecule has 4 nitrogen and oxygen atoms in total. The quantitative estimate of drug-likeness (QED) is 0.473. The van der Waals surface area contributed by atoms with Crippen LogP contribution in [0.25, 0.3) is 0 Å². The summed E-state index contributed by atoms with van der Waals surface area (Å²) in [6.45, 7) is 6.82. The topological polar surface area (TPSA) is 49.4 Å². The Balaban J connectivity index is 2.10. The highest BCUT2D eigenvalue weighted by Gasteiger charge is 2.26. The van der Waals surface area contributed by atoms with Gasteiger partial charge in [-0.05, 0) is 54.8 Å². The van der Waals surface area contributed by atoms with E-state index in [9.17, 15) is 9.59 Å². The molecule has 0 aliphatic rings. The molecule has 2 amide bonds. The summed E-state index contributed by atoms with van der Waals surface area (Å²) < 4.78 is 0.972. The average molecular weight is 498 g/mol. The molecule has 0 fully saturated rings. The number of halogens is 2. The van der Waals surface area contributed by atoms with E-state index in [-0.39, 0.29) is 17.6 Å². The normalized spacial score (nSPS) is 11.9. The first kappa shape index (κ1) is 23.8. The average Bonchev–Trinajstić information content (AvgIpc) is 2.70. The maximum Gasteiger partial charge on any atom is 0.242 e. The number of thioether (sulfide) groups is 1. The van der Waals surface area contributed by atoms with Gasteiger partial charge in [-0.15, -0.1) is 11.8 Å². The fraction of sp³-hybridized carbons (Fsp3) is 0.364. The van der Waals surface area contributed by atoms with Crippen LogP contribution in [0, 0.1) is 5.92 Å². The van der Waals surface area contributed by atoms with Crippen LogP contribution in [0.3, 0.4) is 0 Å². The van der Waals surface area contributed by atoms with Gasteiger partial charge in [-0.2, -0.15) is 0 Å². The summed E-state index contributed by atoms with van der Waals surface area (Å²) in [5.74, 6) is 0.378. The molecule has 2 aromatic carbocycles. The van der Waals surface area contributed by atoms with E-state index in [2.05, 4.69) is 21.2 Å². The second kappa shape index (κ2) is 11.6. The van der Waals surface area contributed by atoms with Gasteiger partial charge in [0.05, 0.1) is 5.75 Å². The SMILES string of the molecule is CC(C)CNC(=O)C(C)N(Cc1ccc(Br)cc1)C(=O)CSc1ccc(Cl)cc1. The summed E-state index contributed by atoms with van der Waals surface area (Å²) in [6.07, 6.45) is 0. The van der Waals surface area contributed by atoms with Crippen LogP contribution < -0.4 is 5.32 Å². The van der Waals surface area contributed by atoms with Crippen LogP contribution in [0.5, 0.6) is 0 Å². The molecule has 1 N–H and O–H groups in total. The fourth-order valence-electron chi connectivity index (χ4n) is 2.58. The van der Waals surface area contributed by atoms with E-state index in [1.807, 2.05) is 50.2 Å². The number of nitrogens with one attached hydrogen (secondary N) is 1. The first-order chi connectivity index (χ1) is 13.8. The highest BCUT2D eigenvalue weighted by molar-refractivity contribution is 9.10. The first-order valence-electron chi connectivity index (χ1n) is 9.46. The Morgan fingerprint density at radius 1 is 1.07 bits per heavy atom. The number of hydrogen-bond acceptors (Lipinski definition) is 3. The summed E-state index contributed by atoms with van der Waals surface area (Å²) in [6, 6.07) is 14.6. The van der Waals surface area contributed by atoms with Gasteiger partial charge in [-0.1, -0.05) is 53.5 Å². The van der Waals surface area contributed by atoms with Crippen molar-refractivity contribution in [2.45, 2.75) is 38.3 Å². The van der Waals surface area contributed by atoms with Crippen molar-refractivity contribution in [1.82, 2.24) is 10.2 Å². The lowest BCUT2D eigenvalue weighted by atomic mass is 10.1. The molecular weight excluding hydrogens is 472 g/mol. The molecule has 0 saturated heterocycles. The third-order valence-electron chi connectivity index (χ3n) is 4.29. The summed E-state index contributed by atoms with van der Waals surface area (Å²) in [7, 11) is 0. The van der Waals surface area contributed by atoms with Crippen LogP contribution in [0.1, 0.15) is 26.3 Å². The Hall–Kier alpha value is -1.50. The zero-order valence-corrected chi connectivity index (χ0v) is 20.0. The first-order valence-corrected chi connectivity index (χ1v) is 11.6. The van der Waals surface area contributed by atoms with Crippen molar-refractivity contribution in [3.05, 3.63) is 63.6 Å². The van der Waals surface area contributed by atoms with Gasteiger partial charge in [0.25, 0.3) is 0 Å². The molecule has 29 heavy (non-hydrogen) atoms. The molecule has 0 saturated carbocycles. The summed E-state index contributed by atoms with van der Waals surface area (Å²) >= 11 is 10.8. The largest absolute Gasteiger partial charge is 0.354 e. The monoisotopic (exact) mass is 496 g/mol. The second-order valence-corrected chi connectivity index (χ2v) is 9.61. The molecule has 2 aromatic rings. The number of amides is 2. The van der Waals surface area contributed by atoms with Crippen molar-refractivity contribution in [2.24, 2.45) is 5.92 Å². The van der Waals surface area contributed by atoms with Crippen LogP contribution in [0.15, 0.2) is 57.9 Å². The summed E-state index contributed by atoms with van der Waals surface area (Å²) in [5.41, 5.74) is 0.974. The Labute approximate surface area is 190 Å². The van der Waals surface area contributed by atoms with Gasteiger partial charge in [0.15, 0.2) is 0 Å². The number of carbonyl (C=O) groups excluding carboxylic acids is 2.